The number of hydrogen-bond acceptors (Lipinski definition) is 5. The van der Waals surface area contributed by atoms with Crippen molar-refractivity contribution in [3.05, 3.63) is 6.20 Å². The van der Waals surface area contributed by atoms with Gasteiger partial charge in [-0.2, -0.15) is 11.8 Å². The van der Waals surface area contributed by atoms with E-state index in [1.165, 1.54) is 42.1 Å². The lowest BCUT2D eigenvalue weighted by Gasteiger charge is -2.41. The number of nitrogens with zero attached hydrogens (tertiary/aromatic N) is 2. The second-order valence-corrected chi connectivity index (χ2v) is 9.02. The Morgan fingerprint density at radius 3 is 2.50 bits per heavy atom. The van der Waals surface area contributed by atoms with Crippen molar-refractivity contribution in [3.8, 4) is 0 Å². The van der Waals surface area contributed by atoms with Crippen molar-refractivity contribution in [3.63, 3.8) is 0 Å². The number of hydrogen-bond donors (Lipinski definition) is 2. The van der Waals surface area contributed by atoms with Crippen LogP contribution in [0.5, 0.6) is 0 Å². The maximum Gasteiger partial charge on any atom is 0.324 e. The summed E-state index contributed by atoms with van der Waals surface area (Å²) in [6, 6.07) is 0.823. The molecular weight excluding hydrogens is 334 g/mol. The molecule has 0 bridgehead atoms. The van der Waals surface area contributed by atoms with Gasteiger partial charge in [-0.1, -0.05) is 30.6 Å². The smallest absolute Gasteiger partial charge is 0.318 e. The Bertz CT molecular complexity index is 478. The fourth-order valence-electron chi connectivity index (χ4n) is 3.43. The van der Waals surface area contributed by atoms with E-state index in [0.29, 0.717) is 17.2 Å². The quantitative estimate of drug-likeness (QED) is 0.783. The Hall–Kier alpha value is -0.400. The molecule has 122 valence electrons. The number of thioether (sulfide) groups is 1. The van der Waals surface area contributed by atoms with Gasteiger partial charge in [0.1, 0.15) is 0 Å². The van der Waals surface area contributed by atoms with Crippen LogP contribution in [-0.2, 0) is 0 Å². The first-order valence-corrected chi connectivity index (χ1v) is 10.5. The summed E-state index contributed by atoms with van der Waals surface area (Å²) < 4.78 is 0.827. The summed E-state index contributed by atoms with van der Waals surface area (Å²) in [4.78, 5) is 19.2. The Kier molecular flexibility index (Phi) is 5.93. The summed E-state index contributed by atoms with van der Waals surface area (Å²) in [6.45, 7) is 0. The van der Waals surface area contributed by atoms with Crippen LogP contribution in [0, 0.1) is 0 Å². The molecule has 1 saturated heterocycles. The van der Waals surface area contributed by atoms with Gasteiger partial charge in [-0.25, -0.2) is 9.78 Å². The number of amides is 2. The van der Waals surface area contributed by atoms with Crippen LogP contribution in [0.2, 0.25) is 0 Å². The third-order valence-electron chi connectivity index (χ3n) is 4.49. The van der Waals surface area contributed by atoms with Gasteiger partial charge in [0.2, 0.25) is 0 Å². The summed E-state index contributed by atoms with van der Waals surface area (Å²) >= 11 is 7.69. The maximum absolute atomic E-state index is 12.9. The lowest BCUT2D eigenvalue weighted by molar-refractivity contribution is 0.128. The first kappa shape index (κ1) is 16.5. The van der Waals surface area contributed by atoms with Crippen LogP contribution in [0.3, 0.4) is 0 Å². The van der Waals surface area contributed by atoms with Crippen LogP contribution in [0.15, 0.2) is 10.4 Å². The molecule has 0 radical (unpaired) electrons. The molecule has 2 aliphatic rings. The largest absolute Gasteiger partial charge is 0.324 e. The molecule has 4 nitrogen and oxygen atoms in total. The monoisotopic (exact) mass is 357 g/mol. The van der Waals surface area contributed by atoms with Crippen LogP contribution < -0.4 is 5.32 Å². The van der Waals surface area contributed by atoms with Gasteiger partial charge in [0.05, 0.1) is 10.4 Å². The van der Waals surface area contributed by atoms with Crippen LogP contribution in [0.1, 0.15) is 44.9 Å². The predicted octanol–water partition coefficient (Wildman–Crippen LogP) is 4.49. The van der Waals surface area contributed by atoms with Gasteiger partial charge in [0.15, 0.2) is 5.13 Å². The number of anilines is 1. The lowest BCUT2D eigenvalue weighted by Crippen LogP contribution is -2.51. The van der Waals surface area contributed by atoms with Crippen molar-refractivity contribution in [2.24, 2.45) is 0 Å². The molecule has 2 fully saturated rings. The predicted molar refractivity (Wildman–Crippen MR) is 97.4 cm³/mol. The molecule has 2 heterocycles. The fourth-order valence-corrected chi connectivity index (χ4v) is 5.38. The Labute approximate surface area is 145 Å². The summed E-state index contributed by atoms with van der Waals surface area (Å²) in [7, 11) is 0. The van der Waals surface area contributed by atoms with Gasteiger partial charge in [0, 0.05) is 12.1 Å². The van der Waals surface area contributed by atoms with Crippen molar-refractivity contribution >= 4 is 46.9 Å². The molecule has 1 N–H and O–H groups in total. The van der Waals surface area contributed by atoms with E-state index in [4.69, 9.17) is 0 Å². The first-order valence-electron chi connectivity index (χ1n) is 8.06. The summed E-state index contributed by atoms with van der Waals surface area (Å²) in [5.41, 5.74) is 0. The van der Waals surface area contributed by atoms with E-state index in [-0.39, 0.29) is 6.03 Å². The maximum atomic E-state index is 12.9. The number of carbonyl (C=O) groups excluding carboxylic acids is 1. The highest BCUT2D eigenvalue weighted by Gasteiger charge is 2.32. The number of rotatable bonds is 3. The van der Waals surface area contributed by atoms with Crippen molar-refractivity contribution in [1.82, 2.24) is 9.88 Å². The normalized spacial score (nSPS) is 20.8. The SMILES string of the molecule is O=C(Nc1ncc(S)s1)N(C1CCCCC1)C1CCSCC1. The van der Waals surface area contributed by atoms with Gasteiger partial charge < -0.3 is 4.90 Å². The molecule has 1 saturated carbocycles. The van der Waals surface area contributed by atoms with Crippen LogP contribution in [-0.4, -0.2) is 39.5 Å². The Morgan fingerprint density at radius 2 is 1.86 bits per heavy atom. The standard InChI is InChI=1S/C15H23N3OS3/c19-15(17-14-16-10-13(20)22-14)18(11-4-2-1-3-5-11)12-6-8-21-9-7-12/h10-12,20H,1-9H2,(H,16,17,19). The highest BCUT2D eigenvalue weighted by molar-refractivity contribution is 7.99. The highest BCUT2D eigenvalue weighted by atomic mass is 32.2. The van der Waals surface area contributed by atoms with Crippen LogP contribution in [0.25, 0.3) is 0 Å². The fraction of sp³-hybridized carbons (Fsp3) is 0.733. The molecular formula is C15H23N3OS3. The lowest BCUT2D eigenvalue weighted by atomic mass is 9.92. The first-order chi connectivity index (χ1) is 10.7. The molecule has 0 atom stereocenters. The minimum atomic E-state index is 0.0338. The van der Waals surface area contributed by atoms with E-state index >= 15 is 0 Å². The van der Waals surface area contributed by atoms with Gasteiger partial charge >= 0.3 is 6.03 Å². The second kappa shape index (κ2) is 7.93. The van der Waals surface area contributed by atoms with E-state index in [1.54, 1.807) is 6.20 Å². The number of urea groups is 1. The molecule has 1 aliphatic heterocycles. The molecule has 3 rings (SSSR count). The van der Waals surface area contributed by atoms with E-state index in [2.05, 4.69) is 27.8 Å². The number of nitrogens with one attached hydrogen (secondary N) is 1. The third kappa shape index (κ3) is 4.11. The third-order valence-corrected chi connectivity index (χ3v) is 6.65. The molecule has 22 heavy (non-hydrogen) atoms. The molecule has 7 heteroatoms. The molecule has 1 aromatic rings. The van der Waals surface area contributed by atoms with Gasteiger partial charge in [-0.3, -0.25) is 5.32 Å². The van der Waals surface area contributed by atoms with Crippen LogP contribution in [0.4, 0.5) is 9.93 Å². The molecule has 0 aromatic carbocycles. The average Bonchev–Trinajstić information content (AvgIpc) is 2.95. The van der Waals surface area contributed by atoms with Crippen molar-refractivity contribution in [2.75, 3.05) is 16.8 Å². The number of thiol groups is 1. The zero-order valence-corrected chi connectivity index (χ0v) is 15.2. The molecule has 1 aromatic heterocycles. The van der Waals surface area contributed by atoms with Gasteiger partial charge in [0.25, 0.3) is 0 Å². The van der Waals surface area contributed by atoms with Crippen molar-refractivity contribution in [2.45, 2.75) is 61.2 Å². The highest BCUT2D eigenvalue weighted by Crippen LogP contribution is 2.31. The number of aromatic nitrogens is 1. The average molecular weight is 358 g/mol. The van der Waals surface area contributed by atoms with Gasteiger partial charge in [-0.05, 0) is 37.2 Å². The summed E-state index contributed by atoms with van der Waals surface area (Å²) in [6.07, 6.45) is 10.0. The van der Waals surface area contributed by atoms with E-state index in [0.717, 1.165) is 29.9 Å². The van der Waals surface area contributed by atoms with E-state index in [1.807, 2.05) is 11.8 Å². The number of thiazole rings is 1. The molecule has 1 aliphatic carbocycles. The van der Waals surface area contributed by atoms with Crippen LogP contribution >= 0.6 is 35.7 Å². The minimum Gasteiger partial charge on any atom is -0.318 e. The Morgan fingerprint density at radius 1 is 1.18 bits per heavy atom. The second-order valence-electron chi connectivity index (χ2n) is 5.98. The zero-order valence-electron chi connectivity index (χ0n) is 12.7. The van der Waals surface area contributed by atoms with E-state index < -0.39 is 0 Å². The summed E-state index contributed by atoms with van der Waals surface area (Å²) in [5, 5.41) is 3.65. The Balaban J connectivity index is 1.72. The van der Waals surface area contributed by atoms with Crippen molar-refractivity contribution < 1.29 is 4.79 Å². The number of carbonyl (C=O) groups is 1. The van der Waals surface area contributed by atoms with Gasteiger partial charge in [-0.15, -0.1) is 12.6 Å². The summed E-state index contributed by atoms with van der Waals surface area (Å²) in [5.74, 6) is 2.33. The molecule has 0 unspecified atom stereocenters. The minimum absolute atomic E-state index is 0.0338. The van der Waals surface area contributed by atoms with Crippen molar-refractivity contribution in [1.29, 1.82) is 0 Å². The molecule has 0 spiro atoms. The van der Waals surface area contributed by atoms with E-state index in [9.17, 15) is 4.79 Å². The zero-order chi connectivity index (χ0) is 15.4. The topological polar surface area (TPSA) is 45.2 Å². The molecule has 2 amide bonds.